The molecule has 18 heavy (non-hydrogen) atoms. The topological polar surface area (TPSA) is 49.9 Å². The number of rotatable bonds is 3. The van der Waals surface area contributed by atoms with Gasteiger partial charge in [-0.2, -0.15) is 0 Å². The highest BCUT2D eigenvalue weighted by Gasteiger charge is 2.27. The molecule has 1 saturated heterocycles. The third-order valence-corrected chi connectivity index (χ3v) is 3.30. The molecule has 1 aliphatic heterocycles. The first-order chi connectivity index (χ1) is 8.45. The zero-order chi connectivity index (χ0) is 13.7. The van der Waals surface area contributed by atoms with Crippen molar-refractivity contribution in [2.45, 2.75) is 52.2 Å². The Morgan fingerprint density at radius 1 is 1.33 bits per heavy atom. The Hall–Kier alpha value is -1.26. The van der Waals surface area contributed by atoms with Gasteiger partial charge in [0.25, 0.3) is 0 Å². The van der Waals surface area contributed by atoms with Gasteiger partial charge in [0.1, 0.15) is 0 Å². The van der Waals surface area contributed by atoms with Crippen LogP contribution in [0.3, 0.4) is 0 Å². The minimum Gasteiger partial charge on any atom is -0.447 e. The average molecular weight is 256 g/mol. The fourth-order valence-corrected chi connectivity index (χ4v) is 2.16. The zero-order valence-corrected chi connectivity index (χ0v) is 11.8. The molecule has 0 bridgehead atoms. The molecule has 2 amide bonds. The van der Waals surface area contributed by atoms with Crippen LogP contribution in [0.15, 0.2) is 0 Å². The van der Waals surface area contributed by atoms with E-state index in [-0.39, 0.29) is 24.1 Å². The van der Waals surface area contributed by atoms with E-state index in [1.165, 1.54) is 0 Å². The van der Waals surface area contributed by atoms with Crippen molar-refractivity contribution in [2.75, 3.05) is 20.1 Å². The zero-order valence-electron chi connectivity index (χ0n) is 11.8. The van der Waals surface area contributed by atoms with Crippen molar-refractivity contribution in [1.82, 2.24) is 9.80 Å². The maximum atomic E-state index is 11.7. The van der Waals surface area contributed by atoms with Gasteiger partial charge < -0.3 is 14.5 Å². The van der Waals surface area contributed by atoms with Crippen molar-refractivity contribution >= 4 is 12.0 Å². The molecule has 5 heteroatoms. The van der Waals surface area contributed by atoms with Crippen molar-refractivity contribution in [3.63, 3.8) is 0 Å². The molecule has 0 unspecified atom stereocenters. The first-order valence-electron chi connectivity index (χ1n) is 6.67. The molecule has 0 aromatic heterocycles. The quantitative estimate of drug-likeness (QED) is 0.774. The highest BCUT2D eigenvalue weighted by molar-refractivity contribution is 5.76. The number of nitrogens with zero attached hydrogens (tertiary/aromatic N) is 2. The van der Waals surface area contributed by atoms with Gasteiger partial charge in [-0.3, -0.25) is 4.79 Å². The van der Waals surface area contributed by atoms with Crippen LogP contribution in [0.1, 0.15) is 40.0 Å². The number of carbonyl (C=O) groups excluding carboxylic acids is 2. The molecule has 0 aromatic carbocycles. The van der Waals surface area contributed by atoms with Crippen LogP contribution in [0.5, 0.6) is 0 Å². The van der Waals surface area contributed by atoms with Crippen LogP contribution in [-0.2, 0) is 9.53 Å². The van der Waals surface area contributed by atoms with E-state index in [1.54, 1.807) is 4.90 Å². The van der Waals surface area contributed by atoms with E-state index in [0.29, 0.717) is 19.5 Å². The highest BCUT2D eigenvalue weighted by atomic mass is 16.6. The van der Waals surface area contributed by atoms with Gasteiger partial charge in [0.15, 0.2) is 0 Å². The number of hydrogen-bond donors (Lipinski definition) is 0. The summed E-state index contributed by atoms with van der Waals surface area (Å²) in [5.41, 5.74) is 0. The largest absolute Gasteiger partial charge is 0.447 e. The number of piperidine rings is 1. The first kappa shape index (κ1) is 14.8. The van der Waals surface area contributed by atoms with Gasteiger partial charge >= 0.3 is 6.09 Å². The molecule has 0 radical (unpaired) electrons. The van der Waals surface area contributed by atoms with Crippen LogP contribution in [0, 0.1) is 0 Å². The summed E-state index contributed by atoms with van der Waals surface area (Å²) in [6.45, 7) is 6.89. The summed E-state index contributed by atoms with van der Waals surface area (Å²) in [5.74, 6) is 0.165. The Labute approximate surface area is 109 Å². The summed E-state index contributed by atoms with van der Waals surface area (Å²) in [7, 11) is 1.85. The minimum atomic E-state index is -0.243. The second-order valence-corrected chi connectivity index (χ2v) is 5.01. The van der Waals surface area contributed by atoms with E-state index in [4.69, 9.17) is 4.74 Å². The maximum absolute atomic E-state index is 11.7. The third-order valence-electron chi connectivity index (χ3n) is 3.30. The molecule has 1 heterocycles. The molecule has 0 N–H and O–H groups in total. The van der Waals surface area contributed by atoms with Crippen molar-refractivity contribution in [3.8, 4) is 0 Å². The summed E-state index contributed by atoms with van der Waals surface area (Å²) >= 11 is 0. The fraction of sp³-hybridized carbons (Fsp3) is 0.846. The molecular formula is C13H24N2O3. The van der Waals surface area contributed by atoms with Crippen LogP contribution in [-0.4, -0.2) is 54.1 Å². The van der Waals surface area contributed by atoms with E-state index < -0.39 is 0 Å². The molecule has 0 spiro atoms. The monoisotopic (exact) mass is 256 g/mol. The number of carbonyl (C=O) groups is 2. The molecule has 104 valence electrons. The van der Waals surface area contributed by atoms with E-state index >= 15 is 0 Å². The standard InChI is InChI=1S/C13H24N2O3/c1-5-12(16)14(4)11-6-8-15(9-7-11)13(17)18-10(2)3/h10-11H,5-9H2,1-4H3. The summed E-state index contributed by atoms with van der Waals surface area (Å²) in [6, 6.07) is 0.251. The lowest BCUT2D eigenvalue weighted by molar-refractivity contribution is -0.132. The molecule has 5 nitrogen and oxygen atoms in total. The van der Waals surface area contributed by atoms with E-state index in [1.807, 2.05) is 32.7 Å². The first-order valence-corrected chi connectivity index (χ1v) is 6.67. The van der Waals surface area contributed by atoms with Gasteiger partial charge in [0, 0.05) is 32.6 Å². The lowest BCUT2D eigenvalue weighted by Crippen LogP contribution is -2.47. The smallest absolute Gasteiger partial charge is 0.410 e. The fourth-order valence-electron chi connectivity index (χ4n) is 2.16. The van der Waals surface area contributed by atoms with Crippen molar-refractivity contribution < 1.29 is 14.3 Å². The molecule has 1 rings (SSSR count). The Morgan fingerprint density at radius 3 is 2.33 bits per heavy atom. The van der Waals surface area contributed by atoms with Crippen LogP contribution < -0.4 is 0 Å². The van der Waals surface area contributed by atoms with Gasteiger partial charge in [0.2, 0.25) is 5.91 Å². The Bertz CT molecular complexity index is 297. The van der Waals surface area contributed by atoms with Crippen molar-refractivity contribution in [1.29, 1.82) is 0 Å². The van der Waals surface area contributed by atoms with Crippen molar-refractivity contribution in [3.05, 3.63) is 0 Å². The second-order valence-electron chi connectivity index (χ2n) is 5.01. The molecule has 0 saturated carbocycles. The normalized spacial score (nSPS) is 16.8. The summed E-state index contributed by atoms with van der Waals surface area (Å²) in [4.78, 5) is 26.8. The number of amides is 2. The van der Waals surface area contributed by atoms with E-state index in [0.717, 1.165) is 12.8 Å². The summed E-state index contributed by atoms with van der Waals surface area (Å²) < 4.78 is 5.16. The number of hydrogen-bond acceptors (Lipinski definition) is 3. The molecule has 1 aliphatic rings. The van der Waals surface area contributed by atoms with Gasteiger partial charge in [-0.05, 0) is 26.7 Å². The predicted molar refractivity (Wildman–Crippen MR) is 69.3 cm³/mol. The molecular weight excluding hydrogens is 232 g/mol. The Morgan fingerprint density at radius 2 is 1.89 bits per heavy atom. The van der Waals surface area contributed by atoms with Gasteiger partial charge in [-0.15, -0.1) is 0 Å². The molecule has 0 aromatic rings. The van der Waals surface area contributed by atoms with Gasteiger partial charge in [0.05, 0.1) is 6.10 Å². The average Bonchev–Trinajstić information content (AvgIpc) is 2.36. The Kier molecular flexibility index (Phi) is 5.44. The minimum absolute atomic E-state index is 0.0837. The van der Waals surface area contributed by atoms with Crippen LogP contribution in [0.25, 0.3) is 0 Å². The van der Waals surface area contributed by atoms with Gasteiger partial charge in [-0.1, -0.05) is 6.92 Å². The van der Waals surface area contributed by atoms with E-state index in [9.17, 15) is 9.59 Å². The number of ether oxygens (including phenoxy) is 1. The lowest BCUT2D eigenvalue weighted by atomic mass is 10.0. The second kappa shape index (κ2) is 6.61. The molecule has 1 fully saturated rings. The van der Waals surface area contributed by atoms with E-state index in [2.05, 4.69) is 0 Å². The third kappa shape index (κ3) is 3.89. The highest BCUT2D eigenvalue weighted by Crippen LogP contribution is 2.17. The Balaban J connectivity index is 2.41. The molecule has 0 atom stereocenters. The number of likely N-dealkylation sites (tertiary alicyclic amines) is 1. The predicted octanol–water partition coefficient (Wildman–Crippen LogP) is 1.86. The molecule has 0 aliphatic carbocycles. The summed E-state index contributed by atoms with van der Waals surface area (Å²) in [5, 5.41) is 0. The maximum Gasteiger partial charge on any atom is 0.410 e. The summed E-state index contributed by atoms with van der Waals surface area (Å²) in [6.07, 6.45) is 1.87. The SMILES string of the molecule is CCC(=O)N(C)C1CCN(C(=O)OC(C)C)CC1. The van der Waals surface area contributed by atoms with Crippen LogP contribution >= 0.6 is 0 Å². The van der Waals surface area contributed by atoms with Crippen LogP contribution in [0.2, 0.25) is 0 Å². The van der Waals surface area contributed by atoms with Crippen molar-refractivity contribution in [2.24, 2.45) is 0 Å². The van der Waals surface area contributed by atoms with Gasteiger partial charge in [-0.25, -0.2) is 4.79 Å². The lowest BCUT2D eigenvalue weighted by Gasteiger charge is -2.36. The van der Waals surface area contributed by atoms with Crippen LogP contribution in [0.4, 0.5) is 4.79 Å².